The number of nitrogens with one attached hydrogen (secondary N) is 1. The number of piperidine rings is 1. The number of fused-ring (bicyclic) bond motifs is 2. The molecule has 1 N–H and O–H groups in total. The first-order chi connectivity index (χ1) is 12.6. The highest BCUT2D eigenvalue weighted by molar-refractivity contribution is 6.02. The Morgan fingerprint density at radius 2 is 2.04 bits per heavy atom. The highest BCUT2D eigenvalue weighted by atomic mass is 16.5. The van der Waals surface area contributed by atoms with Crippen LogP contribution in [0, 0.1) is 11.8 Å². The summed E-state index contributed by atoms with van der Waals surface area (Å²) >= 11 is 0. The summed E-state index contributed by atoms with van der Waals surface area (Å²) in [6.45, 7) is 2.86. The van der Waals surface area contributed by atoms with Gasteiger partial charge in [-0.1, -0.05) is 38.0 Å². The van der Waals surface area contributed by atoms with E-state index in [1.165, 1.54) is 19.3 Å². The first-order valence-corrected chi connectivity index (χ1v) is 9.55. The van der Waals surface area contributed by atoms with E-state index in [-0.39, 0.29) is 18.2 Å². The Morgan fingerprint density at radius 1 is 1.23 bits per heavy atom. The van der Waals surface area contributed by atoms with Crippen LogP contribution in [-0.4, -0.2) is 46.2 Å². The first-order valence-electron chi connectivity index (χ1n) is 9.55. The summed E-state index contributed by atoms with van der Waals surface area (Å²) in [7, 11) is 0. The summed E-state index contributed by atoms with van der Waals surface area (Å²) < 4.78 is 5.30. The number of H-pyrrole nitrogens is 1. The van der Waals surface area contributed by atoms with Crippen LogP contribution >= 0.6 is 0 Å². The normalized spacial score (nSPS) is 25.7. The van der Waals surface area contributed by atoms with E-state index in [1.54, 1.807) is 0 Å². The molecule has 2 aliphatic rings. The highest BCUT2D eigenvalue weighted by Gasteiger charge is 2.39. The molecule has 2 aromatic rings. The van der Waals surface area contributed by atoms with Crippen molar-refractivity contribution >= 4 is 22.8 Å². The van der Waals surface area contributed by atoms with E-state index >= 15 is 0 Å². The van der Waals surface area contributed by atoms with Crippen molar-refractivity contribution < 1.29 is 14.3 Å². The molecule has 138 valence electrons. The number of ether oxygens (including phenoxy) is 1. The van der Waals surface area contributed by atoms with E-state index in [0.717, 1.165) is 24.9 Å². The van der Waals surface area contributed by atoms with Gasteiger partial charge >= 0.3 is 5.97 Å². The molecule has 4 rings (SSSR count). The van der Waals surface area contributed by atoms with E-state index in [9.17, 15) is 9.59 Å². The van der Waals surface area contributed by atoms with Crippen LogP contribution in [0.25, 0.3) is 10.9 Å². The van der Waals surface area contributed by atoms with Gasteiger partial charge in [0, 0.05) is 18.0 Å². The quantitative estimate of drug-likeness (QED) is 0.858. The molecule has 2 fully saturated rings. The van der Waals surface area contributed by atoms with Crippen LogP contribution in [0.4, 0.5) is 0 Å². The fourth-order valence-electron chi connectivity index (χ4n) is 4.62. The van der Waals surface area contributed by atoms with Crippen LogP contribution in [0.5, 0.6) is 0 Å². The summed E-state index contributed by atoms with van der Waals surface area (Å²) in [5, 5.41) is 7.56. The van der Waals surface area contributed by atoms with Crippen LogP contribution in [0.15, 0.2) is 24.3 Å². The standard InChI is InChI=1S/C20H25N3O3/c1-13-10-11-23(17-9-5-3-6-14(13)17)18(24)12-26-20(25)19-15-7-2-4-8-16(15)21-22-19/h2,4,7-8,13-14,17H,3,5-6,9-12H2,1H3,(H,21,22)/t13-,14+,17-/m1/s1. The molecule has 6 heteroatoms. The molecule has 1 aliphatic carbocycles. The topological polar surface area (TPSA) is 75.3 Å². The lowest BCUT2D eigenvalue weighted by Gasteiger charge is -2.47. The molecule has 2 heterocycles. The molecule has 1 aromatic carbocycles. The van der Waals surface area contributed by atoms with Gasteiger partial charge in [0.15, 0.2) is 12.3 Å². The zero-order valence-electron chi connectivity index (χ0n) is 15.1. The minimum atomic E-state index is -0.554. The molecular formula is C20H25N3O3. The second-order valence-corrected chi connectivity index (χ2v) is 7.56. The second-order valence-electron chi connectivity index (χ2n) is 7.56. The number of rotatable bonds is 3. The van der Waals surface area contributed by atoms with Crippen molar-refractivity contribution in [3.8, 4) is 0 Å². The fourth-order valence-corrected chi connectivity index (χ4v) is 4.62. The van der Waals surface area contributed by atoms with E-state index < -0.39 is 5.97 Å². The third kappa shape index (κ3) is 3.08. The van der Waals surface area contributed by atoms with Crippen molar-refractivity contribution in [2.75, 3.05) is 13.2 Å². The maximum atomic E-state index is 12.7. The number of aromatic nitrogens is 2. The van der Waals surface area contributed by atoms with Crippen molar-refractivity contribution in [1.82, 2.24) is 15.1 Å². The number of likely N-dealkylation sites (tertiary alicyclic amines) is 1. The van der Waals surface area contributed by atoms with E-state index in [0.29, 0.717) is 23.3 Å². The van der Waals surface area contributed by atoms with Gasteiger partial charge in [0.2, 0.25) is 0 Å². The molecule has 26 heavy (non-hydrogen) atoms. The Morgan fingerprint density at radius 3 is 2.92 bits per heavy atom. The molecule has 6 nitrogen and oxygen atoms in total. The van der Waals surface area contributed by atoms with Crippen molar-refractivity contribution in [2.24, 2.45) is 11.8 Å². The summed E-state index contributed by atoms with van der Waals surface area (Å²) in [5.74, 6) is 0.623. The average molecular weight is 355 g/mol. The molecule has 1 aromatic heterocycles. The second kappa shape index (κ2) is 7.09. The molecule has 0 bridgehead atoms. The number of aromatic amines is 1. The van der Waals surface area contributed by atoms with Crippen LogP contribution in [0.1, 0.15) is 49.5 Å². The van der Waals surface area contributed by atoms with Gasteiger partial charge in [0.05, 0.1) is 5.52 Å². The zero-order valence-corrected chi connectivity index (χ0v) is 15.1. The Balaban J connectivity index is 1.41. The minimum Gasteiger partial charge on any atom is -0.451 e. The third-order valence-electron chi connectivity index (χ3n) is 6.05. The molecule has 3 atom stereocenters. The summed E-state index contributed by atoms with van der Waals surface area (Å²) in [6, 6.07) is 7.69. The van der Waals surface area contributed by atoms with Crippen molar-refractivity contribution in [2.45, 2.75) is 45.1 Å². The van der Waals surface area contributed by atoms with Gasteiger partial charge in [-0.15, -0.1) is 0 Å². The Hall–Kier alpha value is -2.37. The largest absolute Gasteiger partial charge is 0.451 e. The summed E-state index contributed by atoms with van der Waals surface area (Å²) in [4.78, 5) is 27.0. The van der Waals surface area contributed by atoms with Crippen LogP contribution in [-0.2, 0) is 9.53 Å². The zero-order chi connectivity index (χ0) is 18.1. The number of benzene rings is 1. The maximum Gasteiger partial charge on any atom is 0.359 e. The van der Waals surface area contributed by atoms with Gasteiger partial charge in [-0.2, -0.15) is 5.10 Å². The molecule has 1 aliphatic heterocycles. The van der Waals surface area contributed by atoms with Gasteiger partial charge in [0.25, 0.3) is 5.91 Å². The number of carbonyl (C=O) groups excluding carboxylic acids is 2. The molecule has 1 saturated heterocycles. The SMILES string of the molecule is C[C@@H]1CCN(C(=O)COC(=O)c2n[nH]c3ccccc23)[C@@H]2CCCC[C@@H]12. The van der Waals surface area contributed by atoms with E-state index in [2.05, 4.69) is 17.1 Å². The van der Waals surface area contributed by atoms with Crippen molar-refractivity contribution in [1.29, 1.82) is 0 Å². The smallest absolute Gasteiger partial charge is 0.359 e. The van der Waals surface area contributed by atoms with Crippen LogP contribution < -0.4 is 0 Å². The number of para-hydroxylation sites is 1. The molecule has 0 unspecified atom stereocenters. The van der Waals surface area contributed by atoms with E-state index in [1.807, 2.05) is 29.2 Å². The lowest BCUT2D eigenvalue weighted by atomic mass is 9.72. The lowest BCUT2D eigenvalue weighted by Crippen LogP contribution is -2.53. The Bertz CT molecular complexity index is 815. The van der Waals surface area contributed by atoms with Gasteiger partial charge in [-0.05, 0) is 37.2 Å². The lowest BCUT2D eigenvalue weighted by molar-refractivity contribution is -0.142. The van der Waals surface area contributed by atoms with Crippen molar-refractivity contribution in [3.05, 3.63) is 30.0 Å². The molecule has 0 radical (unpaired) electrons. The van der Waals surface area contributed by atoms with E-state index in [4.69, 9.17) is 4.74 Å². The summed E-state index contributed by atoms with van der Waals surface area (Å²) in [5.41, 5.74) is 1.01. The maximum absolute atomic E-state index is 12.7. The predicted octanol–water partition coefficient (Wildman–Crippen LogP) is 3.15. The molecule has 1 saturated carbocycles. The summed E-state index contributed by atoms with van der Waals surface area (Å²) in [6.07, 6.45) is 5.74. The average Bonchev–Trinajstić information content (AvgIpc) is 3.10. The Labute approximate surface area is 152 Å². The van der Waals surface area contributed by atoms with Gasteiger partial charge < -0.3 is 9.64 Å². The number of nitrogens with zero attached hydrogens (tertiary/aromatic N) is 2. The van der Waals surface area contributed by atoms with Gasteiger partial charge in [-0.3, -0.25) is 9.89 Å². The first kappa shape index (κ1) is 17.1. The molecule has 1 amide bonds. The molecule has 0 spiro atoms. The van der Waals surface area contributed by atoms with Gasteiger partial charge in [0.1, 0.15) is 0 Å². The number of esters is 1. The minimum absolute atomic E-state index is 0.0815. The fraction of sp³-hybridized carbons (Fsp3) is 0.550. The predicted molar refractivity (Wildman–Crippen MR) is 97.6 cm³/mol. The highest BCUT2D eigenvalue weighted by Crippen LogP contribution is 2.38. The monoisotopic (exact) mass is 355 g/mol. The Kier molecular flexibility index (Phi) is 4.66. The third-order valence-corrected chi connectivity index (χ3v) is 6.05. The number of carbonyl (C=O) groups is 2. The van der Waals surface area contributed by atoms with Crippen LogP contribution in [0.3, 0.4) is 0 Å². The molecular weight excluding hydrogens is 330 g/mol. The van der Waals surface area contributed by atoms with Crippen molar-refractivity contribution in [3.63, 3.8) is 0 Å². The van der Waals surface area contributed by atoms with Gasteiger partial charge in [-0.25, -0.2) is 4.79 Å². The number of amides is 1. The number of hydrogen-bond acceptors (Lipinski definition) is 4. The number of hydrogen-bond donors (Lipinski definition) is 1. The van der Waals surface area contributed by atoms with Crippen LogP contribution in [0.2, 0.25) is 0 Å².